The molecule has 0 aromatic heterocycles. The number of nitrogens with one attached hydrogen (secondary N) is 1. The van der Waals surface area contributed by atoms with E-state index >= 15 is 0 Å². The number of rotatable bonds is 3. The number of anilines is 1. The lowest BCUT2D eigenvalue weighted by molar-refractivity contribution is -0.140. The van der Waals surface area contributed by atoms with Gasteiger partial charge in [0, 0.05) is 11.1 Å². The summed E-state index contributed by atoms with van der Waals surface area (Å²) < 4.78 is 26.9. The van der Waals surface area contributed by atoms with E-state index in [1.807, 2.05) is 18.2 Å². The van der Waals surface area contributed by atoms with Crippen molar-refractivity contribution in [3.8, 4) is 0 Å². The molecule has 2 aliphatic heterocycles. The van der Waals surface area contributed by atoms with Crippen LogP contribution in [0.25, 0.3) is 0 Å². The second kappa shape index (κ2) is 7.58. The Kier molecular flexibility index (Phi) is 4.61. The molecular weight excluding hydrogens is 402 g/mol. The van der Waals surface area contributed by atoms with Crippen molar-refractivity contribution in [2.75, 3.05) is 5.01 Å². The van der Waals surface area contributed by atoms with Crippen molar-refractivity contribution in [2.24, 2.45) is 9.98 Å². The second-order valence-corrected chi connectivity index (χ2v) is 6.76. The number of carbonyl (C=O) groups is 1. The number of aliphatic imine (C=N–C) groups is 2. The summed E-state index contributed by atoms with van der Waals surface area (Å²) in [5.74, 6) is -1.30. The molecule has 1 saturated heterocycles. The lowest BCUT2D eigenvalue weighted by Crippen LogP contribution is -2.29. The zero-order valence-electron chi connectivity index (χ0n) is 15.9. The van der Waals surface area contributed by atoms with Crippen LogP contribution in [0.4, 0.5) is 14.5 Å². The minimum absolute atomic E-state index is 0.0999. The van der Waals surface area contributed by atoms with Crippen LogP contribution in [-0.4, -0.2) is 17.4 Å². The highest BCUT2D eigenvalue weighted by atomic mass is 19.1. The molecule has 0 atom stereocenters. The molecule has 152 valence electrons. The molecule has 2 heterocycles. The largest absolute Gasteiger partial charge is 0.380 e. The molecule has 2 aliphatic rings. The maximum absolute atomic E-state index is 13.5. The summed E-state index contributed by atoms with van der Waals surface area (Å²) in [6.07, 6.45) is 0. The van der Waals surface area contributed by atoms with Gasteiger partial charge in [0.05, 0.1) is 17.1 Å². The van der Waals surface area contributed by atoms with Gasteiger partial charge in [0.2, 0.25) is 0 Å². The van der Waals surface area contributed by atoms with Crippen molar-refractivity contribution >= 4 is 23.1 Å². The van der Waals surface area contributed by atoms with Gasteiger partial charge in [-0.25, -0.2) is 28.6 Å². The second-order valence-electron chi connectivity index (χ2n) is 6.76. The molecule has 0 unspecified atom stereocenters. The lowest BCUT2D eigenvalue weighted by Gasteiger charge is -2.15. The predicted octanol–water partition coefficient (Wildman–Crippen LogP) is 3.91. The lowest BCUT2D eigenvalue weighted by atomic mass is 10.00. The van der Waals surface area contributed by atoms with Gasteiger partial charge in [0.15, 0.2) is 11.5 Å². The van der Waals surface area contributed by atoms with Crippen LogP contribution in [0.15, 0.2) is 100 Å². The van der Waals surface area contributed by atoms with E-state index in [2.05, 4.69) is 15.6 Å². The highest BCUT2D eigenvalue weighted by molar-refractivity contribution is 6.55. The monoisotopic (exact) mass is 416 g/mol. The van der Waals surface area contributed by atoms with Gasteiger partial charge in [-0.1, -0.05) is 23.8 Å². The van der Waals surface area contributed by atoms with Crippen LogP contribution in [0.1, 0.15) is 11.1 Å². The van der Waals surface area contributed by atoms with Crippen LogP contribution < -0.4 is 10.6 Å². The van der Waals surface area contributed by atoms with Gasteiger partial charge in [-0.2, -0.15) is 0 Å². The number of carbonyl (C=O) groups excluding carboxylic acids is 1. The molecule has 1 fully saturated rings. The number of hydrogen-bond acceptors (Lipinski definition) is 6. The average molecular weight is 416 g/mol. The summed E-state index contributed by atoms with van der Waals surface area (Å²) in [5.41, 5.74) is 5.38. The van der Waals surface area contributed by atoms with Gasteiger partial charge in [0.1, 0.15) is 11.6 Å². The van der Waals surface area contributed by atoms with Gasteiger partial charge in [-0.05, 0) is 60.7 Å². The van der Waals surface area contributed by atoms with Crippen molar-refractivity contribution in [1.29, 1.82) is 0 Å². The molecular formula is C23H14F2N4O2. The molecule has 0 aliphatic carbocycles. The van der Waals surface area contributed by atoms with Crippen LogP contribution >= 0.6 is 0 Å². The Hall–Kier alpha value is -4.17. The fraction of sp³-hybridized carbons (Fsp3) is 0. The molecule has 8 heteroatoms. The van der Waals surface area contributed by atoms with Crippen LogP contribution in [-0.2, 0) is 9.63 Å². The van der Waals surface area contributed by atoms with Gasteiger partial charge in [-0.3, -0.25) is 0 Å². The molecule has 1 N–H and O–H groups in total. The van der Waals surface area contributed by atoms with Crippen LogP contribution in [0.3, 0.4) is 0 Å². The van der Waals surface area contributed by atoms with E-state index in [1.54, 1.807) is 36.4 Å². The van der Waals surface area contributed by atoms with E-state index in [-0.39, 0.29) is 23.2 Å². The first-order valence-electron chi connectivity index (χ1n) is 9.36. The number of para-hydroxylation sites is 1. The van der Waals surface area contributed by atoms with Gasteiger partial charge in [-0.15, -0.1) is 0 Å². The summed E-state index contributed by atoms with van der Waals surface area (Å²) in [6, 6.07) is 20.6. The zero-order chi connectivity index (χ0) is 21.4. The maximum Gasteiger partial charge on any atom is 0.380 e. The quantitative estimate of drug-likeness (QED) is 0.658. The van der Waals surface area contributed by atoms with Gasteiger partial charge >= 0.3 is 5.97 Å². The van der Waals surface area contributed by atoms with Crippen LogP contribution in [0.5, 0.6) is 0 Å². The molecule has 3 aromatic rings. The molecule has 3 aromatic carbocycles. The number of hydrazine groups is 1. The first-order chi connectivity index (χ1) is 15.1. The van der Waals surface area contributed by atoms with E-state index in [9.17, 15) is 13.6 Å². The number of benzene rings is 3. The van der Waals surface area contributed by atoms with Crippen molar-refractivity contribution in [1.82, 2.24) is 5.59 Å². The summed E-state index contributed by atoms with van der Waals surface area (Å²) in [4.78, 5) is 26.6. The number of halogens is 2. The summed E-state index contributed by atoms with van der Waals surface area (Å²) in [5, 5.41) is 1.44. The third kappa shape index (κ3) is 3.49. The standard InChI is InChI=1S/C23H14F2N4O2/c24-16-10-6-14(7-11-16)19-20(15-8-12-17(25)13-9-15)27-22(26-19)21-23(30)31-28-29(21)18-4-2-1-3-5-18/h1-13,28H. The topological polar surface area (TPSA) is 66.3 Å². The van der Waals surface area contributed by atoms with Gasteiger partial charge < -0.3 is 4.84 Å². The van der Waals surface area contributed by atoms with Crippen LogP contribution in [0, 0.1) is 11.6 Å². The smallest absolute Gasteiger partial charge is 0.345 e. The van der Waals surface area contributed by atoms with E-state index in [1.165, 1.54) is 29.3 Å². The van der Waals surface area contributed by atoms with Crippen molar-refractivity contribution in [3.05, 3.63) is 113 Å². The van der Waals surface area contributed by atoms with Gasteiger partial charge in [0.25, 0.3) is 0 Å². The molecule has 0 radical (unpaired) electrons. The number of hydrogen-bond donors (Lipinski definition) is 1. The Morgan fingerprint density at radius 3 is 1.77 bits per heavy atom. The Morgan fingerprint density at radius 2 is 1.26 bits per heavy atom. The number of nitrogens with zero attached hydrogens (tertiary/aromatic N) is 3. The minimum atomic E-state index is -0.648. The SMILES string of the molecule is O=C1ONN(c2ccccc2)C1=C1N=C(c2ccc(F)cc2)C(c2ccc(F)cc2)=N1. The highest BCUT2D eigenvalue weighted by Gasteiger charge is 2.35. The Labute approximate surface area is 175 Å². The molecule has 6 nitrogen and oxygen atoms in total. The molecule has 0 spiro atoms. The van der Waals surface area contributed by atoms with Crippen molar-refractivity contribution < 1.29 is 18.4 Å². The summed E-state index contributed by atoms with van der Waals surface area (Å²) in [7, 11) is 0. The molecule has 0 bridgehead atoms. The Bertz CT molecular complexity index is 1190. The first-order valence-corrected chi connectivity index (χ1v) is 9.36. The Morgan fingerprint density at radius 1 is 0.742 bits per heavy atom. The zero-order valence-corrected chi connectivity index (χ0v) is 15.9. The van der Waals surface area contributed by atoms with Crippen molar-refractivity contribution in [3.63, 3.8) is 0 Å². The third-order valence-electron chi connectivity index (χ3n) is 4.77. The average Bonchev–Trinajstić information content (AvgIpc) is 3.39. The third-order valence-corrected chi connectivity index (χ3v) is 4.77. The fourth-order valence-corrected chi connectivity index (χ4v) is 3.29. The molecule has 31 heavy (non-hydrogen) atoms. The highest BCUT2D eigenvalue weighted by Crippen LogP contribution is 2.29. The Balaban J connectivity index is 1.68. The predicted molar refractivity (Wildman–Crippen MR) is 111 cm³/mol. The first kappa shape index (κ1) is 18.8. The fourth-order valence-electron chi connectivity index (χ4n) is 3.29. The normalized spacial score (nSPS) is 15.8. The molecule has 5 rings (SSSR count). The van der Waals surface area contributed by atoms with E-state index in [4.69, 9.17) is 4.84 Å². The summed E-state index contributed by atoms with van der Waals surface area (Å²) in [6.45, 7) is 0. The molecule has 0 amide bonds. The van der Waals surface area contributed by atoms with E-state index < -0.39 is 5.97 Å². The van der Waals surface area contributed by atoms with Crippen molar-refractivity contribution in [2.45, 2.75) is 0 Å². The maximum atomic E-state index is 13.5. The summed E-state index contributed by atoms with van der Waals surface area (Å²) >= 11 is 0. The van der Waals surface area contributed by atoms with Crippen LogP contribution in [0.2, 0.25) is 0 Å². The van der Waals surface area contributed by atoms with E-state index in [0.29, 0.717) is 28.2 Å². The minimum Gasteiger partial charge on any atom is -0.345 e. The molecule has 0 saturated carbocycles. The van der Waals surface area contributed by atoms with E-state index in [0.717, 1.165) is 0 Å².